The first-order valence-electron chi connectivity index (χ1n) is 11.3. The molecule has 3 aromatic rings. The van der Waals surface area contributed by atoms with Gasteiger partial charge in [0.15, 0.2) is 0 Å². The van der Waals surface area contributed by atoms with E-state index in [4.69, 9.17) is 4.74 Å². The highest BCUT2D eigenvalue weighted by Crippen LogP contribution is 2.40. The van der Waals surface area contributed by atoms with E-state index in [0.29, 0.717) is 6.42 Å². The minimum Gasteiger partial charge on any atom is -0.390 e. The Morgan fingerprint density at radius 2 is 1.10 bits per heavy atom. The van der Waals surface area contributed by atoms with Gasteiger partial charge in [0.05, 0.1) is 12.7 Å². The number of hydrogen-bond donors (Lipinski definition) is 2. The van der Waals surface area contributed by atoms with Crippen LogP contribution in [0.25, 0.3) is 0 Å². The zero-order chi connectivity index (χ0) is 21.9. The van der Waals surface area contributed by atoms with Gasteiger partial charge >= 0.3 is 0 Å². The van der Waals surface area contributed by atoms with Gasteiger partial charge < -0.3 is 14.9 Å². The summed E-state index contributed by atoms with van der Waals surface area (Å²) in [5, 5.41) is 21.2. The molecule has 164 valence electrons. The Bertz CT molecular complexity index is 768. The van der Waals surface area contributed by atoms with Gasteiger partial charge in [-0.15, -0.1) is 0 Å². The van der Waals surface area contributed by atoms with Gasteiger partial charge in [-0.2, -0.15) is 0 Å². The molecule has 0 saturated heterocycles. The lowest BCUT2D eigenvalue weighted by Gasteiger charge is -2.37. The van der Waals surface area contributed by atoms with Crippen LogP contribution < -0.4 is 0 Å². The maximum atomic E-state index is 10.7. The molecule has 0 aliphatic heterocycles. The zero-order valence-electron chi connectivity index (χ0n) is 18.4. The SMILES string of the molecule is CCCCCCC(O)C(O)COC(c1ccccc1)(c1ccccc1)c1ccccc1. The monoisotopic (exact) mass is 418 g/mol. The summed E-state index contributed by atoms with van der Waals surface area (Å²) < 4.78 is 6.59. The molecule has 2 atom stereocenters. The summed E-state index contributed by atoms with van der Waals surface area (Å²) in [6.45, 7) is 2.20. The minimum atomic E-state index is -0.947. The van der Waals surface area contributed by atoms with Gasteiger partial charge in [-0.3, -0.25) is 0 Å². The van der Waals surface area contributed by atoms with Crippen LogP contribution in [-0.4, -0.2) is 29.0 Å². The third-order valence-electron chi connectivity index (χ3n) is 5.81. The average molecular weight is 419 g/mol. The summed E-state index contributed by atoms with van der Waals surface area (Å²) in [5.74, 6) is 0. The van der Waals surface area contributed by atoms with Gasteiger partial charge in [0.25, 0.3) is 0 Å². The van der Waals surface area contributed by atoms with Crippen LogP contribution in [-0.2, 0) is 10.3 Å². The Balaban J connectivity index is 1.91. The van der Waals surface area contributed by atoms with Crippen LogP contribution in [0.15, 0.2) is 91.0 Å². The van der Waals surface area contributed by atoms with E-state index in [0.717, 1.165) is 42.4 Å². The van der Waals surface area contributed by atoms with E-state index in [2.05, 4.69) is 6.92 Å². The van der Waals surface area contributed by atoms with Crippen LogP contribution in [0.3, 0.4) is 0 Å². The van der Waals surface area contributed by atoms with Crippen LogP contribution in [0.4, 0.5) is 0 Å². The summed E-state index contributed by atoms with van der Waals surface area (Å²) in [7, 11) is 0. The number of aliphatic hydroxyl groups is 2. The summed E-state index contributed by atoms with van der Waals surface area (Å²) in [4.78, 5) is 0. The molecular formula is C28H34O3. The summed E-state index contributed by atoms with van der Waals surface area (Å²) in [6, 6.07) is 30.2. The summed E-state index contributed by atoms with van der Waals surface area (Å²) >= 11 is 0. The molecule has 3 aromatic carbocycles. The van der Waals surface area contributed by atoms with Crippen LogP contribution in [0.5, 0.6) is 0 Å². The molecule has 0 radical (unpaired) electrons. The average Bonchev–Trinajstić information content (AvgIpc) is 2.84. The predicted molar refractivity (Wildman–Crippen MR) is 126 cm³/mol. The van der Waals surface area contributed by atoms with E-state index in [1.54, 1.807) is 0 Å². The number of benzene rings is 3. The van der Waals surface area contributed by atoms with Gasteiger partial charge in [0.1, 0.15) is 11.7 Å². The highest BCUT2D eigenvalue weighted by Gasteiger charge is 2.38. The summed E-state index contributed by atoms with van der Waals surface area (Å²) in [6.07, 6.45) is 3.12. The molecule has 2 N–H and O–H groups in total. The second-order valence-corrected chi connectivity index (χ2v) is 8.07. The fourth-order valence-corrected chi connectivity index (χ4v) is 4.06. The van der Waals surface area contributed by atoms with Crippen LogP contribution in [0, 0.1) is 0 Å². The largest absolute Gasteiger partial charge is 0.390 e. The topological polar surface area (TPSA) is 49.7 Å². The smallest absolute Gasteiger partial charge is 0.143 e. The van der Waals surface area contributed by atoms with Crippen molar-refractivity contribution >= 4 is 0 Å². The fourth-order valence-electron chi connectivity index (χ4n) is 4.06. The lowest BCUT2D eigenvalue weighted by atomic mass is 9.80. The zero-order valence-corrected chi connectivity index (χ0v) is 18.4. The lowest BCUT2D eigenvalue weighted by Crippen LogP contribution is -2.39. The highest BCUT2D eigenvalue weighted by atomic mass is 16.5. The van der Waals surface area contributed by atoms with Crippen molar-refractivity contribution in [2.45, 2.75) is 56.8 Å². The molecule has 3 nitrogen and oxygen atoms in total. The van der Waals surface area contributed by atoms with E-state index in [1.807, 2.05) is 91.0 Å². The van der Waals surface area contributed by atoms with Gasteiger partial charge in [0, 0.05) is 0 Å². The molecule has 0 aliphatic carbocycles. The van der Waals surface area contributed by atoms with Gasteiger partial charge in [-0.25, -0.2) is 0 Å². The minimum absolute atomic E-state index is 0.0353. The van der Waals surface area contributed by atoms with Crippen molar-refractivity contribution in [3.05, 3.63) is 108 Å². The second kappa shape index (κ2) is 11.8. The molecular weight excluding hydrogens is 384 g/mol. The molecule has 31 heavy (non-hydrogen) atoms. The maximum Gasteiger partial charge on any atom is 0.143 e. The van der Waals surface area contributed by atoms with E-state index < -0.39 is 17.8 Å². The predicted octanol–water partition coefficient (Wildman–Crippen LogP) is 5.69. The third kappa shape index (κ3) is 5.82. The third-order valence-corrected chi connectivity index (χ3v) is 5.81. The number of hydrogen-bond acceptors (Lipinski definition) is 3. The van der Waals surface area contributed by atoms with E-state index in [1.165, 1.54) is 0 Å². The molecule has 0 bridgehead atoms. The van der Waals surface area contributed by atoms with Gasteiger partial charge in [-0.05, 0) is 23.1 Å². The van der Waals surface area contributed by atoms with E-state index >= 15 is 0 Å². The Kier molecular flexibility index (Phi) is 8.84. The molecule has 0 amide bonds. The van der Waals surface area contributed by atoms with E-state index in [-0.39, 0.29) is 6.61 Å². The quantitative estimate of drug-likeness (QED) is 0.294. The van der Waals surface area contributed by atoms with Gasteiger partial charge in [-0.1, -0.05) is 124 Å². The van der Waals surface area contributed by atoms with Crippen LogP contribution in [0.2, 0.25) is 0 Å². The molecule has 0 aliphatic rings. The lowest BCUT2D eigenvalue weighted by molar-refractivity contribution is -0.0802. The molecule has 0 spiro atoms. The van der Waals surface area contributed by atoms with Crippen molar-refractivity contribution in [2.24, 2.45) is 0 Å². The highest BCUT2D eigenvalue weighted by molar-refractivity contribution is 5.47. The Labute approximate surface area is 186 Å². The Morgan fingerprint density at radius 3 is 1.52 bits per heavy atom. The number of ether oxygens (including phenoxy) is 1. The Morgan fingerprint density at radius 1 is 0.645 bits per heavy atom. The van der Waals surface area contributed by atoms with Gasteiger partial charge in [0.2, 0.25) is 0 Å². The molecule has 0 saturated carbocycles. The number of rotatable bonds is 12. The molecule has 3 heteroatoms. The van der Waals surface area contributed by atoms with Crippen molar-refractivity contribution < 1.29 is 14.9 Å². The standard InChI is InChI=1S/C28H34O3/c1-2-3-4-14-21-26(29)27(30)22-31-28(23-15-8-5-9-16-23,24-17-10-6-11-18-24)25-19-12-7-13-20-25/h5-13,15-20,26-27,29-30H,2-4,14,21-22H2,1H3. The fraction of sp³-hybridized carbons (Fsp3) is 0.357. The molecule has 2 unspecified atom stereocenters. The normalized spacial score (nSPS) is 13.6. The summed E-state index contributed by atoms with van der Waals surface area (Å²) in [5.41, 5.74) is 2.07. The second-order valence-electron chi connectivity index (χ2n) is 8.07. The maximum absolute atomic E-state index is 10.7. The van der Waals surface area contributed by atoms with Crippen LogP contribution in [0.1, 0.15) is 55.7 Å². The Hall–Kier alpha value is -2.46. The van der Waals surface area contributed by atoms with Crippen molar-refractivity contribution in [1.29, 1.82) is 0 Å². The van der Waals surface area contributed by atoms with Crippen molar-refractivity contribution in [3.8, 4) is 0 Å². The molecule has 3 rings (SSSR count). The first kappa shape index (κ1) is 23.2. The molecule has 0 aromatic heterocycles. The number of unbranched alkanes of at least 4 members (excludes halogenated alkanes) is 3. The van der Waals surface area contributed by atoms with Crippen molar-refractivity contribution in [2.75, 3.05) is 6.61 Å². The van der Waals surface area contributed by atoms with E-state index in [9.17, 15) is 10.2 Å². The number of aliphatic hydroxyl groups excluding tert-OH is 2. The van der Waals surface area contributed by atoms with Crippen molar-refractivity contribution in [3.63, 3.8) is 0 Å². The molecule has 0 heterocycles. The first-order valence-corrected chi connectivity index (χ1v) is 11.3. The molecule has 0 fully saturated rings. The first-order chi connectivity index (χ1) is 15.2. The van der Waals surface area contributed by atoms with Crippen molar-refractivity contribution in [1.82, 2.24) is 0 Å². The van der Waals surface area contributed by atoms with Crippen LogP contribution >= 0.6 is 0 Å².